The topological polar surface area (TPSA) is 46.6 Å². The van der Waals surface area contributed by atoms with Crippen LogP contribution in [0.2, 0.25) is 0 Å². The van der Waals surface area contributed by atoms with Crippen molar-refractivity contribution in [3.8, 4) is 0 Å². The average Bonchev–Trinajstić information content (AvgIpc) is 2.35. The molecular formula is C16H21NO3. The van der Waals surface area contributed by atoms with E-state index in [4.69, 9.17) is 4.74 Å². The summed E-state index contributed by atoms with van der Waals surface area (Å²) < 4.78 is 5.41. The van der Waals surface area contributed by atoms with Crippen LogP contribution in [0.4, 0.5) is 4.79 Å². The molecule has 0 aromatic heterocycles. The molecule has 1 aliphatic carbocycles. The van der Waals surface area contributed by atoms with Gasteiger partial charge in [0.1, 0.15) is 5.60 Å². The Morgan fingerprint density at radius 2 is 1.95 bits per heavy atom. The molecule has 1 unspecified atom stereocenters. The first-order chi connectivity index (χ1) is 9.37. The first-order valence-corrected chi connectivity index (χ1v) is 6.93. The van der Waals surface area contributed by atoms with Crippen LogP contribution >= 0.6 is 0 Å². The summed E-state index contributed by atoms with van der Waals surface area (Å²) in [5.74, 6) is 0.117. The van der Waals surface area contributed by atoms with Crippen molar-refractivity contribution in [2.75, 3.05) is 0 Å². The third kappa shape index (κ3) is 3.59. The number of benzene rings is 1. The molecule has 1 fully saturated rings. The van der Waals surface area contributed by atoms with Crippen LogP contribution in [0.15, 0.2) is 30.3 Å². The van der Waals surface area contributed by atoms with E-state index >= 15 is 0 Å². The number of rotatable bonds is 3. The highest BCUT2D eigenvalue weighted by Gasteiger charge is 2.38. The van der Waals surface area contributed by atoms with Crippen molar-refractivity contribution >= 4 is 11.9 Å². The molecular weight excluding hydrogens is 254 g/mol. The fourth-order valence-corrected chi connectivity index (χ4v) is 2.12. The van der Waals surface area contributed by atoms with Crippen molar-refractivity contribution in [3.05, 3.63) is 35.9 Å². The van der Waals surface area contributed by atoms with Crippen molar-refractivity contribution in [3.63, 3.8) is 0 Å². The molecule has 1 saturated carbocycles. The molecule has 0 spiro atoms. The summed E-state index contributed by atoms with van der Waals surface area (Å²) in [7, 11) is 0. The zero-order valence-electron chi connectivity index (χ0n) is 12.3. The van der Waals surface area contributed by atoms with Crippen LogP contribution in [0.1, 0.15) is 39.2 Å². The number of ketones is 1. The van der Waals surface area contributed by atoms with Crippen molar-refractivity contribution in [1.29, 1.82) is 0 Å². The summed E-state index contributed by atoms with van der Waals surface area (Å²) in [5, 5.41) is 0. The monoisotopic (exact) mass is 275 g/mol. The van der Waals surface area contributed by atoms with Crippen LogP contribution in [0, 0.1) is 0 Å². The van der Waals surface area contributed by atoms with Gasteiger partial charge in [-0.05, 0) is 32.8 Å². The zero-order chi connectivity index (χ0) is 14.8. The maximum Gasteiger partial charge on any atom is 0.411 e. The van der Waals surface area contributed by atoms with Gasteiger partial charge in [0.05, 0.1) is 6.04 Å². The number of carbonyl (C=O) groups is 2. The second-order valence-electron chi connectivity index (χ2n) is 6.11. The maximum atomic E-state index is 12.3. The summed E-state index contributed by atoms with van der Waals surface area (Å²) in [6.45, 7) is 5.89. The molecule has 0 N–H and O–H groups in total. The molecule has 1 amide bonds. The van der Waals surface area contributed by atoms with Gasteiger partial charge in [-0.25, -0.2) is 4.79 Å². The van der Waals surface area contributed by atoms with E-state index in [1.54, 1.807) is 4.90 Å². The molecule has 108 valence electrons. The van der Waals surface area contributed by atoms with Gasteiger partial charge in [0.2, 0.25) is 0 Å². The quantitative estimate of drug-likeness (QED) is 0.851. The lowest BCUT2D eigenvalue weighted by Crippen LogP contribution is -2.51. The number of carbonyl (C=O) groups excluding carboxylic acids is 2. The van der Waals surface area contributed by atoms with Gasteiger partial charge >= 0.3 is 6.09 Å². The Morgan fingerprint density at radius 3 is 2.40 bits per heavy atom. The van der Waals surface area contributed by atoms with Gasteiger partial charge in [-0.3, -0.25) is 9.69 Å². The maximum absolute atomic E-state index is 12.3. The summed E-state index contributed by atoms with van der Waals surface area (Å²) in [5.41, 5.74) is 0.441. The highest BCUT2D eigenvalue weighted by molar-refractivity contribution is 5.92. The fourth-order valence-electron chi connectivity index (χ4n) is 2.12. The van der Waals surface area contributed by atoms with Gasteiger partial charge in [-0.15, -0.1) is 0 Å². The van der Waals surface area contributed by atoms with Gasteiger partial charge in [0, 0.05) is 13.0 Å². The van der Waals surface area contributed by atoms with Crippen molar-refractivity contribution in [1.82, 2.24) is 4.90 Å². The van der Waals surface area contributed by atoms with Crippen molar-refractivity contribution in [2.24, 2.45) is 0 Å². The highest BCUT2D eigenvalue weighted by Crippen LogP contribution is 2.25. The summed E-state index contributed by atoms with van der Waals surface area (Å²) in [6, 6.07) is 9.33. The van der Waals surface area contributed by atoms with E-state index in [2.05, 4.69) is 0 Å². The van der Waals surface area contributed by atoms with Crippen LogP contribution in [0.25, 0.3) is 0 Å². The van der Waals surface area contributed by atoms with E-state index in [1.807, 2.05) is 51.1 Å². The third-order valence-corrected chi connectivity index (χ3v) is 3.24. The summed E-state index contributed by atoms with van der Waals surface area (Å²) >= 11 is 0. The SMILES string of the molecule is CC(C)(C)OC(=O)N(Cc1ccccc1)C1CCC1=O. The lowest BCUT2D eigenvalue weighted by Gasteiger charge is -2.37. The Morgan fingerprint density at radius 1 is 1.30 bits per heavy atom. The molecule has 1 aromatic carbocycles. The van der Waals surface area contributed by atoms with Gasteiger partial charge in [0.25, 0.3) is 0 Å². The summed E-state index contributed by atoms with van der Waals surface area (Å²) in [4.78, 5) is 25.5. The largest absolute Gasteiger partial charge is 0.444 e. The lowest BCUT2D eigenvalue weighted by atomic mass is 9.89. The molecule has 0 saturated heterocycles. The molecule has 1 aliphatic rings. The minimum absolute atomic E-state index is 0.117. The molecule has 1 atom stereocenters. The predicted octanol–water partition coefficient (Wildman–Crippen LogP) is 3.16. The smallest absolute Gasteiger partial charge is 0.411 e. The number of amides is 1. The van der Waals surface area contributed by atoms with Crippen LogP contribution in [-0.2, 0) is 16.1 Å². The normalized spacial score (nSPS) is 18.4. The first-order valence-electron chi connectivity index (χ1n) is 6.93. The van der Waals surface area contributed by atoms with Crippen LogP contribution in [0.5, 0.6) is 0 Å². The van der Waals surface area contributed by atoms with E-state index in [1.165, 1.54) is 0 Å². The number of hydrogen-bond donors (Lipinski definition) is 0. The highest BCUT2D eigenvalue weighted by atomic mass is 16.6. The van der Waals surface area contributed by atoms with Crippen molar-refractivity contribution in [2.45, 2.75) is 51.8 Å². The molecule has 4 nitrogen and oxygen atoms in total. The molecule has 0 radical (unpaired) electrons. The standard InChI is InChI=1S/C16H21NO3/c1-16(2,3)20-15(19)17(13-9-10-14(13)18)11-12-7-5-4-6-8-12/h4-8,13H,9-11H2,1-3H3. The Hall–Kier alpha value is -1.84. The predicted molar refractivity (Wildman–Crippen MR) is 76.2 cm³/mol. The summed E-state index contributed by atoms with van der Waals surface area (Å²) in [6.07, 6.45) is 0.864. The number of hydrogen-bond acceptors (Lipinski definition) is 3. The second-order valence-corrected chi connectivity index (χ2v) is 6.11. The minimum atomic E-state index is -0.557. The van der Waals surface area contributed by atoms with E-state index in [0.717, 1.165) is 12.0 Å². The van der Waals surface area contributed by atoms with Crippen LogP contribution in [-0.4, -0.2) is 28.4 Å². The average molecular weight is 275 g/mol. The lowest BCUT2D eigenvalue weighted by molar-refractivity contribution is -0.131. The van der Waals surface area contributed by atoms with E-state index in [9.17, 15) is 9.59 Å². The Bertz CT molecular complexity index is 490. The van der Waals surface area contributed by atoms with E-state index < -0.39 is 11.7 Å². The van der Waals surface area contributed by atoms with Gasteiger partial charge in [-0.1, -0.05) is 30.3 Å². The van der Waals surface area contributed by atoms with Crippen molar-refractivity contribution < 1.29 is 14.3 Å². The number of Topliss-reactive ketones (excluding diaryl/α,β-unsaturated/α-hetero) is 1. The Balaban J connectivity index is 2.13. The molecule has 0 heterocycles. The van der Waals surface area contributed by atoms with Crippen LogP contribution < -0.4 is 0 Å². The number of nitrogens with zero attached hydrogens (tertiary/aromatic N) is 1. The molecule has 20 heavy (non-hydrogen) atoms. The van der Waals surface area contributed by atoms with Gasteiger partial charge < -0.3 is 4.74 Å². The fraction of sp³-hybridized carbons (Fsp3) is 0.500. The molecule has 4 heteroatoms. The number of ether oxygens (including phenoxy) is 1. The van der Waals surface area contributed by atoms with Crippen LogP contribution in [0.3, 0.4) is 0 Å². The molecule has 0 aliphatic heterocycles. The second kappa shape index (κ2) is 5.65. The van der Waals surface area contributed by atoms with E-state index in [-0.39, 0.29) is 11.8 Å². The molecule has 1 aromatic rings. The third-order valence-electron chi connectivity index (χ3n) is 3.24. The Kier molecular flexibility index (Phi) is 4.12. The minimum Gasteiger partial charge on any atom is -0.444 e. The first kappa shape index (κ1) is 14.6. The van der Waals surface area contributed by atoms with E-state index in [0.29, 0.717) is 13.0 Å². The van der Waals surface area contributed by atoms with Gasteiger partial charge in [-0.2, -0.15) is 0 Å². The Labute approximate surface area is 119 Å². The molecule has 2 rings (SSSR count). The van der Waals surface area contributed by atoms with Gasteiger partial charge in [0.15, 0.2) is 5.78 Å². The zero-order valence-corrected chi connectivity index (χ0v) is 12.3. The molecule has 0 bridgehead atoms.